The van der Waals surface area contributed by atoms with Crippen LogP contribution in [-0.2, 0) is 9.53 Å². The topological polar surface area (TPSA) is 67.6 Å². The van der Waals surface area contributed by atoms with Crippen molar-refractivity contribution in [2.45, 2.75) is 31.8 Å². The maximum Gasteiger partial charge on any atom is 0.241 e. The molecule has 1 amide bonds. The van der Waals surface area contributed by atoms with E-state index in [1.165, 1.54) is 0 Å². The highest BCUT2D eigenvalue weighted by atomic mass is 35.5. The van der Waals surface area contributed by atoms with Crippen molar-refractivity contribution in [1.82, 2.24) is 4.90 Å². The van der Waals surface area contributed by atoms with E-state index in [1.54, 1.807) is 18.2 Å². The van der Waals surface area contributed by atoms with E-state index in [2.05, 4.69) is 10.2 Å². The third kappa shape index (κ3) is 4.09. The molecule has 0 saturated carbocycles. The smallest absolute Gasteiger partial charge is 0.241 e. The fourth-order valence-electron chi connectivity index (χ4n) is 2.46. The highest BCUT2D eigenvalue weighted by Gasteiger charge is 2.26. The van der Waals surface area contributed by atoms with Gasteiger partial charge in [0.2, 0.25) is 5.91 Å². The third-order valence-electron chi connectivity index (χ3n) is 4.01. The molecule has 1 saturated heterocycles. The molecule has 1 aliphatic heterocycles. The normalized spacial score (nSPS) is 17.7. The molecule has 5 nitrogen and oxygen atoms in total. The van der Waals surface area contributed by atoms with Crippen LogP contribution in [0.1, 0.15) is 19.8 Å². The first kappa shape index (κ1) is 16.1. The van der Waals surface area contributed by atoms with Gasteiger partial charge in [0.25, 0.3) is 0 Å². The van der Waals surface area contributed by atoms with E-state index in [-0.39, 0.29) is 11.9 Å². The molecular weight excluding hydrogens is 290 g/mol. The summed E-state index contributed by atoms with van der Waals surface area (Å²) in [4.78, 5) is 14.5. The molecular formula is C15H22ClN3O2. The average Bonchev–Trinajstić information content (AvgIpc) is 2.49. The summed E-state index contributed by atoms with van der Waals surface area (Å²) in [5, 5.41) is 3.31. The Hall–Kier alpha value is -1.30. The van der Waals surface area contributed by atoms with Crippen LogP contribution in [0, 0.1) is 0 Å². The van der Waals surface area contributed by atoms with E-state index in [0.29, 0.717) is 22.4 Å². The Morgan fingerprint density at radius 1 is 1.48 bits per heavy atom. The van der Waals surface area contributed by atoms with E-state index < -0.39 is 0 Å². The molecule has 0 bridgehead atoms. The number of nitrogens with two attached hydrogens (primary N) is 1. The van der Waals surface area contributed by atoms with E-state index >= 15 is 0 Å². The number of benzene rings is 1. The summed E-state index contributed by atoms with van der Waals surface area (Å²) in [5.74, 6) is -0.0735. The summed E-state index contributed by atoms with van der Waals surface area (Å²) in [6.45, 7) is 3.41. The van der Waals surface area contributed by atoms with Gasteiger partial charge < -0.3 is 15.8 Å². The number of anilines is 2. The molecule has 0 spiro atoms. The van der Waals surface area contributed by atoms with Crippen molar-refractivity contribution >= 4 is 28.9 Å². The Balaban J connectivity index is 1.98. The van der Waals surface area contributed by atoms with Gasteiger partial charge in [-0.15, -0.1) is 0 Å². The molecule has 1 aromatic rings. The zero-order chi connectivity index (χ0) is 15.4. The van der Waals surface area contributed by atoms with Crippen molar-refractivity contribution in [2.24, 2.45) is 0 Å². The molecule has 1 unspecified atom stereocenters. The van der Waals surface area contributed by atoms with Crippen LogP contribution >= 0.6 is 11.6 Å². The second-order valence-electron chi connectivity index (χ2n) is 5.41. The average molecular weight is 312 g/mol. The van der Waals surface area contributed by atoms with Crippen molar-refractivity contribution in [3.63, 3.8) is 0 Å². The van der Waals surface area contributed by atoms with Gasteiger partial charge in [-0.2, -0.15) is 0 Å². The highest BCUT2D eigenvalue weighted by Crippen LogP contribution is 2.24. The molecule has 0 aliphatic carbocycles. The number of nitrogen functional groups attached to an aromatic ring is 1. The van der Waals surface area contributed by atoms with Crippen LogP contribution in [0.5, 0.6) is 0 Å². The number of rotatable bonds is 4. The minimum absolute atomic E-state index is 0.0735. The molecule has 0 aromatic heterocycles. The zero-order valence-corrected chi connectivity index (χ0v) is 13.2. The van der Waals surface area contributed by atoms with Crippen molar-refractivity contribution in [2.75, 3.05) is 31.3 Å². The number of nitrogens with one attached hydrogen (secondary N) is 1. The number of amides is 1. The number of halogens is 1. The van der Waals surface area contributed by atoms with Crippen LogP contribution in [0.3, 0.4) is 0 Å². The quantitative estimate of drug-likeness (QED) is 0.838. The third-order valence-corrected chi connectivity index (χ3v) is 4.32. The molecule has 2 rings (SSSR count). The zero-order valence-electron chi connectivity index (χ0n) is 12.4. The van der Waals surface area contributed by atoms with Gasteiger partial charge in [0.15, 0.2) is 0 Å². The lowest BCUT2D eigenvalue weighted by molar-refractivity contribution is -0.121. The molecule has 1 fully saturated rings. The maximum atomic E-state index is 12.4. The molecule has 116 valence electrons. The Labute approximate surface area is 130 Å². The summed E-state index contributed by atoms with van der Waals surface area (Å²) < 4.78 is 5.36. The lowest BCUT2D eigenvalue weighted by Crippen LogP contribution is -2.47. The van der Waals surface area contributed by atoms with Crippen LogP contribution in [0.2, 0.25) is 5.02 Å². The fourth-order valence-corrected chi connectivity index (χ4v) is 2.70. The van der Waals surface area contributed by atoms with Gasteiger partial charge in [-0.25, -0.2) is 0 Å². The van der Waals surface area contributed by atoms with Crippen molar-refractivity contribution in [3.05, 3.63) is 23.2 Å². The number of hydrogen-bond acceptors (Lipinski definition) is 4. The van der Waals surface area contributed by atoms with E-state index in [4.69, 9.17) is 22.1 Å². The van der Waals surface area contributed by atoms with Gasteiger partial charge in [0.05, 0.1) is 16.8 Å². The molecule has 3 N–H and O–H groups in total. The second-order valence-corrected chi connectivity index (χ2v) is 5.82. The maximum absolute atomic E-state index is 12.4. The van der Waals surface area contributed by atoms with Crippen LogP contribution < -0.4 is 11.1 Å². The molecule has 6 heteroatoms. The molecule has 21 heavy (non-hydrogen) atoms. The van der Waals surface area contributed by atoms with Gasteiger partial charge in [-0.05, 0) is 45.0 Å². The summed E-state index contributed by atoms with van der Waals surface area (Å²) in [7, 11) is 1.98. The van der Waals surface area contributed by atoms with Crippen molar-refractivity contribution in [3.8, 4) is 0 Å². The Kier molecular flexibility index (Phi) is 5.45. The first-order valence-corrected chi connectivity index (χ1v) is 7.52. The summed E-state index contributed by atoms with van der Waals surface area (Å²) in [5.41, 5.74) is 6.81. The second kappa shape index (κ2) is 7.11. The number of likely N-dealkylation sites (N-methyl/N-ethyl adjacent to an activating group) is 1. The minimum atomic E-state index is -0.235. The largest absolute Gasteiger partial charge is 0.399 e. The predicted molar refractivity (Wildman–Crippen MR) is 85.6 cm³/mol. The summed E-state index contributed by atoms with van der Waals surface area (Å²) in [6.07, 6.45) is 1.91. The number of nitrogens with zero attached hydrogens (tertiary/aromatic N) is 1. The standard InChI is InChI=1S/C15H22ClN3O2/c1-10(19(2)12-5-7-21-8-6-12)15(20)18-14-4-3-11(17)9-13(14)16/h3-4,9-10,12H,5-8,17H2,1-2H3,(H,18,20). The van der Waals surface area contributed by atoms with Crippen LogP contribution in [0.15, 0.2) is 18.2 Å². The molecule has 1 aliphatic rings. The van der Waals surface area contributed by atoms with Crippen LogP contribution in [-0.4, -0.2) is 43.2 Å². The number of ether oxygens (including phenoxy) is 1. The molecule has 0 radical (unpaired) electrons. The van der Waals surface area contributed by atoms with E-state index in [1.807, 2.05) is 14.0 Å². The Morgan fingerprint density at radius 3 is 2.76 bits per heavy atom. The van der Waals surface area contributed by atoms with E-state index in [0.717, 1.165) is 26.1 Å². The monoisotopic (exact) mass is 311 g/mol. The first-order valence-electron chi connectivity index (χ1n) is 7.14. The van der Waals surface area contributed by atoms with Gasteiger partial charge in [0, 0.05) is 24.9 Å². The lowest BCUT2D eigenvalue weighted by Gasteiger charge is -2.34. The van der Waals surface area contributed by atoms with Crippen LogP contribution in [0.4, 0.5) is 11.4 Å². The first-order chi connectivity index (χ1) is 9.99. The summed E-state index contributed by atoms with van der Waals surface area (Å²) >= 11 is 6.08. The summed E-state index contributed by atoms with van der Waals surface area (Å²) in [6, 6.07) is 5.21. The van der Waals surface area contributed by atoms with E-state index in [9.17, 15) is 4.79 Å². The number of carbonyl (C=O) groups excluding carboxylic acids is 1. The fraction of sp³-hybridized carbons (Fsp3) is 0.533. The highest BCUT2D eigenvalue weighted by molar-refractivity contribution is 6.34. The SMILES string of the molecule is CC(C(=O)Nc1ccc(N)cc1Cl)N(C)C1CCOCC1. The van der Waals surface area contributed by atoms with Crippen molar-refractivity contribution < 1.29 is 9.53 Å². The van der Waals surface area contributed by atoms with Crippen molar-refractivity contribution in [1.29, 1.82) is 0 Å². The molecule has 1 atom stereocenters. The minimum Gasteiger partial charge on any atom is -0.399 e. The van der Waals surface area contributed by atoms with Crippen LogP contribution in [0.25, 0.3) is 0 Å². The Bertz CT molecular complexity index is 504. The number of carbonyl (C=O) groups is 1. The lowest BCUT2D eigenvalue weighted by atomic mass is 10.1. The Morgan fingerprint density at radius 2 is 2.14 bits per heavy atom. The predicted octanol–water partition coefficient (Wildman–Crippen LogP) is 2.36. The molecule has 1 heterocycles. The number of hydrogen-bond donors (Lipinski definition) is 2. The van der Waals surface area contributed by atoms with Gasteiger partial charge >= 0.3 is 0 Å². The van der Waals surface area contributed by atoms with Gasteiger partial charge in [-0.1, -0.05) is 11.6 Å². The molecule has 1 aromatic carbocycles. The van der Waals surface area contributed by atoms with Gasteiger partial charge in [-0.3, -0.25) is 9.69 Å². The van der Waals surface area contributed by atoms with Gasteiger partial charge in [0.1, 0.15) is 0 Å².